The highest BCUT2D eigenvalue weighted by atomic mass is 16.7. The standard InChI is InChI=1S/C15H22O2/c1-5-14-6-8-15(9-7-14)17-13(4)16-11-10-12(2)3/h5-9,12-13H,1,10-11H2,2-4H3. The van der Waals surface area contributed by atoms with Gasteiger partial charge in [0.05, 0.1) is 6.61 Å². The normalized spacial score (nSPS) is 12.5. The Morgan fingerprint density at radius 2 is 1.82 bits per heavy atom. The fraction of sp³-hybridized carbons (Fsp3) is 0.467. The molecule has 94 valence electrons. The summed E-state index contributed by atoms with van der Waals surface area (Å²) in [6.07, 6.45) is 2.67. The fourth-order valence-corrected chi connectivity index (χ4v) is 1.38. The summed E-state index contributed by atoms with van der Waals surface area (Å²) >= 11 is 0. The van der Waals surface area contributed by atoms with Crippen molar-refractivity contribution >= 4 is 6.08 Å². The zero-order valence-corrected chi connectivity index (χ0v) is 11.0. The van der Waals surface area contributed by atoms with Gasteiger partial charge in [-0.25, -0.2) is 0 Å². The van der Waals surface area contributed by atoms with Crippen LogP contribution >= 0.6 is 0 Å². The summed E-state index contributed by atoms with van der Waals surface area (Å²) in [5, 5.41) is 0. The molecule has 0 N–H and O–H groups in total. The predicted molar refractivity (Wildman–Crippen MR) is 72.0 cm³/mol. The van der Waals surface area contributed by atoms with Gasteiger partial charge in [-0.1, -0.05) is 38.6 Å². The van der Waals surface area contributed by atoms with Crippen LogP contribution in [-0.4, -0.2) is 12.9 Å². The van der Waals surface area contributed by atoms with Crippen molar-refractivity contribution in [1.29, 1.82) is 0 Å². The van der Waals surface area contributed by atoms with Crippen molar-refractivity contribution < 1.29 is 9.47 Å². The molecule has 2 nitrogen and oxygen atoms in total. The maximum atomic E-state index is 5.64. The second-order valence-electron chi connectivity index (χ2n) is 4.51. The SMILES string of the molecule is C=Cc1ccc(OC(C)OCCC(C)C)cc1. The molecule has 2 heteroatoms. The first kappa shape index (κ1) is 13.8. The van der Waals surface area contributed by atoms with Gasteiger partial charge >= 0.3 is 0 Å². The second-order valence-corrected chi connectivity index (χ2v) is 4.51. The highest BCUT2D eigenvalue weighted by Gasteiger charge is 2.04. The largest absolute Gasteiger partial charge is 0.465 e. The smallest absolute Gasteiger partial charge is 0.196 e. The first-order chi connectivity index (χ1) is 8.11. The lowest BCUT2D eigenvalue weighted by atomic mass is 10.1. The lowest BCUT2D eigenvalue weighted by molar-refractivity contribution is -0.0694. The summed E-state index contributed by atoms with van der Waals surface area (Å²) in [6.45, 7) is 10.7. The Bertz CT molecular complexity index is 327. The monoisotopic (exact) mass is 234 g/mol. The maximum absolute atomic E-state index is 5.64. The average Bonchev–Trinajstić information content (AvgIpc) is 2.29. The van der Waals surface area contributed by atoms with E-state index in [1.165, 1.54) is 0 Å². The third kappa shape index (κ3) is 5.55. The van der Waals surface area contributed by atoms with E-state index in [0.29, 0.717) is 5.92 Å². The molecule has 0 amide bonds. The van der Waals surface area contributed by atoms with Gasteiger partial charge in [-0.15, -0.1) is 0 Å². The molecule has 17 heavy (non-hydrogen) atoms. The summed E-state index contributed by atoms with van der Waals surface area (Å²) < 4.78 is 11.2. The van der Waals surface area contributed by atoms with E-state index in [1.807, 2.05) is 37.3 Å². The average molecular weight is 234 g/mol. The van der Waals surface area contributed by atoms with E-state index in [4.69, 9.17) is 9.47 Å². The molecule has 0 spiro atoms. The summed E-state index contributed by atoms with van der Waals surface area (Å²) in [5.74, 6) is 1.49. The Morgan fingerprint density at radius 3 is 2.35 bits per heavy atom. The third-order valence-corrected chi connectivity index (χ3v) is 2.47. The van der Waals surface area contributed by atoms with Crippen LogP contribution in [0.5, 0.6) is 5.75 Å². The molecule has 1 rings (SSSR count). The lowest BCUT2D eigenvalue weighted by Crippen LogP contribution is -2.17. The van der Waals surface area contributed by atoms with Crippen LogP contribution in [0.25, 0.3) is 6.08 Å². The molecule has 0 fully saturated rings. The van der Waals surface area contributed by atoms with Gasteiger partial charge in [0, 0.05) is 0 Å². The van der Waals surface area contributed by atoms with Crippen LogP contribution in [0.15, 0.2) is 30.8 Å². The number of hydrogen-bond acceptors (Lipinski definition) is 2. The van der Waals surface area contributed by atoms with Gasteiger partial charge in [0.25, 0.3) is 0 Å². The number of benzene rings is 1. The Morgan fingerprint density at radius 1 is 1.18 bits per heavy atom. The van der Waals surface area contributed by atoms with Crippen LogP contribution in [0.4, 0.5) is 0 Å². The van der Waals surface area contributed by atoms with Crippen molar-refractivity contribution in [3.8, 4) is 5.75 Å². The molecular weight excluding hydrogens is 212 g/mol. The van der Waals surface area contributed by atoms with Crippen LogP contribution in [0.1, 0.15) is 32.8 Å². The zero-order chi connectivity index (χ0) is 12.7. The van der Waals surface area contributed by atoms with Crippen molar-refractivity contribution in [3.05, 3.63) is 36.4 Å². The minimum atomic E-state index is -0.205. The van der Waals surface area contributed by atoms with Gasteiger partial charge in [-0.05, 0) is 37.0 Å². The molecular formula is C15H22O2. The van der Waals surface area contributed by atoms with Crippen molar-refractivity contribution in [2.75, 3.05) is 6.61 Å². The third-order valence-electron chi connectivity index (χ3n) is 2.47. The quantitative estimate of drug-likeness (QED) is 0.661. The molecule has 0 aliphatic rings. The first-order valence-electron chi connectivity index (χ1n) is 6.12. The van der Waals surface area contributed by atoms with Crippen LogP contribution in [-0.2, 0) is 4.74 Å². The van der Waals surface area contributed by atoms with Crippen LogP contribution < -0.4 is 4.74 Å². The number of rotatable bonds is 7. The predicted octanol–water partition coefficient (Wildman–Crippen LogP) is 4.12. The summed E-state index contributed by atoms with van der Waals surface area (Å²) in [7, 11) is 0. The molecule has 1 aromatic rings. The minimum Gasteiger partial charge on any atom is -0.465 e. The highest BCUT2D eigenvalue weighted by Crippen LogP contribution is 2.15. The zero-order valence-electron chi connectivity index (χ0n) is 11.0. The van der Waals surface area contributed by atoms with Gasteiger partial charge in [-0.2, -0.15) is 0 Å². The van der Waals surface area contributed by atoms with E-state index in [2.05, 4.69) is 20.4 Å². The Kier molecular flexibility index (Phi) is 5.78. The van der Waals surface area contributed by atoms with E-state index >= 15 is 0 Å². The van der Waals surface area contributed by atoms with Gasteiger partial charge < -0.3 is 9.47 Å². The van der Waals surface area contributed by atoms with Gasteiger partial charge in [-0.3, -0.25) is 0 Å². The topological polar surface area (TPSA) is 18.5 Å². The molecule has 1 unspecified atom stereocenters. The summed E-state index contributed by atoms with van der Waals surface area (Å²) in [4.78, 5) is 0. The number of ether oxygens (including phenoxy) is 2. The lowest BCUT2D eigenvalue weighted by Gasteiger charge is -2.16. The van der Waals surface area contributed by atoms with E-state index in [0.717, 1.165) is 24.3 Å². The van der Waals surface area contributed by atoms with Crippen LogP contribution in [0.3, 0.4) is 0 Å². The molecule has 1 atom stereocenters. The molecule has 0 bridgehead atoms. The van der Waals surface area contributed by atoms with Crippen LogP contribution in [0, 0.1) is 5.92 Å². The van der Waals surface area contributed by atoms with Gasteiger partial charge in [0.2, 0.25) is 0 Å². The minimum absolute atomic E-state index is 0.205. The molecule has 0 saturated heterocycles. The molecule has 1 aromatic carbocycles. The number of hydrogen-bond donors (Lipinski definition) is 0. The van der Waals surface area contributed by atoms with E-state index in [9.17, 15) is 0 Å². The Labute approximate surface area is 104 Å². The summed E-state index contributed by atoms with van der Waals surface area (Å²) in [5.41, 5.74) is 1.09. The van der Waals surface area contributed by atoms with Gasteiger partial charge in [0.15, 0.2) is 6.29 Å². The molecule has 0 aliphatic carbocycles. The summed E-state index contributed by atoms with van der Waals surface area (Å²) in [6, 6.07) is 7.81. The van der Waals surface area contributed by atoms with Gasteiger partial charge in [0.1, 0.15) is 5.75 Å². The van der Waals surface area contributed by atoms with Crippen molar-refractivity contribution in [1.82, 2.24) is 0 Å². The molecule has 0 heterocycles. The Hall–Kier alpha value is -1.28. The Balaban J connectivity index is 2.34. The van der Waals surface area contributed by atoms with E-state index in [1.54, 1.807) is 0 Å². The molecule has 0 aromatic heterocycles. The van der Waals surface area contributed by atoms with Crippen LogP contribution in [0.2, 0.25) is 0 Å². The fourth-order valence-electron chi connectivity index (χ4n) is 1.38. The van der Waals surface area contributed by atoms with Crippen molar-refractivity contribution in [2.45, 2.75) is 33.5 Å². The molecule has 0 saturated carbocycles. The van der Waals surface area contributed by atoms with E-state index in [-0.39, 0.29) is 6.29 Å². The highest BCUT2D eigenvalue weighted by molar-refractivity contribution is 5.48. The maximum Gasteiger partial charge on any atom is 0.196 e. The van der Waals surface area contributed by atoms with Crippen molar-refractivity contribution in [3.63, 3.8) is 0 Å². The first-order valence-corrected chi connectivity index (χ1v) is 6.12. The van der Waals surface area contributed by atoms with Crippen molar-refractivity contribution in [2.24, 2.45) is 5.92 Å². The molecule has 0 radical (unpaired) electrons. The second kappa shape index (κ2) is 7.13. The molecule has 0 aliphatic heterocycles. The van der Waals surface area contributed by atoms with E-state index < -0.39 is 0 Å².